The SMILES string of the molecule is COC(=O)[C@@H](c1ccc(F)cc1)N1CCN(c2ncnc3c2oc2ccccc23)CC1. The summed E-state index contributed by atoms with van der Waals surface area (Å²) in [7, 11) is 1.37. The Hall–Kier alpha value is -3.52. The molecular weight excluding hydrogens is 399 g/mol. The topological polar surface area (TPSA) is 71.7 Å². The monoisotopic (exact) mass is 420 g/mol. The molecule has 4 aromatic rings. The van der Waals surface area contributed by atoms with E-state index in [1.807, 2.05) is 29.2 Å². The third-order valence-corrected chi connectivity index (χ3v) is 5.73. The first kappa shape index (κ1) is 19.4. The first-order valence-corrected chi connectivity index (χ1v) is 10.1. The van der Waals surface area contributed by atoms with Crippen molar-refractivity contribution in [2.75, 3.05) is 38.2 Å². The van der Waals surface area contributed by atoms with Gasteiger partial charge in [-0.1, -0.05) is 24.3 Å². The number of benzene rings is 2. The number of methoxy groups -OCH3 is 1. The number of para-hydroxylation sites is 1. The van der Waals surface area contributed by atoms with E-state index in [2.05, 4.69) is 14.9 Å². The van der Waals surface area contributed by atoms with Gasteiger partial charge in [0, 0.05) is 31.6 Å². The Kier molecular flexibility index (Phi) is 4.99. The van der Waals surface area contributed by atoms with Crippen LogP contribution in [0.5, 0.6) is 0 Å². The second-order valence-corrected chi connectivity index (χ2v) is 7.47. The van der Waals surface area contributed by atoms with Gasteiger partial charge in [0.15, 0.2) is 11.4 Å². The molecule has 158 valence electrons. The zero-order valence-electron chi connectivity index (χ0n) is 17.0. The molecule has 2 aromatic heterocycles. The highest BCUT2D eigenvalue weighted by atomic mass is 19.1. The number of ether oxygens (including phenoxy) is 1. The summed E-state index contributed by atoms with van der Waals surface area (Å²) in [6.45, 7) is 2.53. The van der Waals surface area contributed by atoms with Crippen LogP contribution in [0.4, 0.5) is 10.2 Å². The molecule has 0 unspecified atom stereocenters. The predicted octanol–water partition coefficient (Wildman–Crippen LogP) is 3.55. The van der Waals surface area contributed by atoms with Gasteiger partial charge in [0.05, 0.1) is 7.11 Å². The van der Waals surface area contributed by atoms with E-state index in [9.17, 15) is 9.18 Å². The van der Waals surface area contributed by atoms with E-state index < -0.39 is 6.04 Å². The van der Waals surface area contributed by atoms with Gasteiger partial charge in [-0.15, -0.1) is 0 Å². The van der Waals surface area contributed by atoms with Crippen LogP contribution in [0.2, 0.25) is 0 Å². The average Bonchev–Trinajstić information content (AvgIpc) is 3.20. The number of carbonyl (C=O) groups excluding carboxylic acids is 1. The van der Waals surface area contributed by atoms with E-state index in [4.69, 9.17) is 9.15 Å². The van der Waals surface area contributed by atoms with Crippen molar-refractivity contribution in [3.05, 3.63) is 66.2 Å². The summed E-state index contributed by atoms with van der Waals surface area (Å²) in [4.78, 5) is 25.6. The van der Waals surface area contributed by atoms with Gasteiger partial charge in [-0.3, -0.25) is 4.90 Å². The van der Waals surface area contributed by atoms with Gasteiger partial charge >= 0.3 is 5.97 Å². The van der Waals surface area contributed by atoms with Gasteiger partial charge in [0.1, 0.15) is 29.3 Å². The highest BCUT2D eigenvalue weighted by Gasteiger charge is 2.32. The fourth-order valence-corrected chi connectivity index (χ4v) is 4.18. The number of halogens is 1. The number of esters is 1. The third kappa shape index (κ3) is 3.48. The quantitative estimate of drug-likeness (QED) is 0.468. The number of furan rings is 1. The minimum atomic E-state index is -0.579. The molecule has 0 spiro atoms. The fourth-order valence-electron chi connectivity index (χ4n) is 4.18. The van der Waals surface area contributed by atoms with E-state index in [-0.39, 0.29) is 11.8 Å². The van der Waals surface area contributed by atoms with Crippen LogP contribution >= 0.6 is 0 Å². The zero-order chi connectivity index (χ0) is 21.4. The summed E-state index contributed by atoms with van der Waals surface area (Å²) >= 11 is 0. The van der Waals surface area contributed by atoms with Crippen LogP contribution in [-0.4, -0.2) is 54.1 Å². The predicted molar refractivity (Wildman–Crippen MR) is 114 cm³/mol. The maximum Gasteiger partial charge on any atom is 0.327 e. The van der Waals surface area contributed by atoms with Crippen LogP contribution in [0, 0.1) is 5.82 Å². The smallest absolute Gasteiger partial charge is 0.327 e. The molecule has 0 radical (unpaired) electrons. The van der Waals surface area contributed by atoms with E-state index in [0.717, 1.165) is 22.3 Å². The molecule has 5 rings (SSSR count). The first-order chi connectivity index (χ1) is 15.2. The molecular formula is C23H21FN4O3. The summed E-state index contributed by atoms with van der Waals surface area (Å²) in [5, 5.41) is 0.960. The molecule has 1 aliphatic heterocycles. The van der Waals surface area contributed by atoms with E-state index in [1.54, 1.807) is 18.5 Å². The van der Waals surface area contributed by atoms with Crippen molar-refractivity contribution in [3.8, 4) is 0 Å². The number of fused-ring (bicyclic) bond motifs is 3. The van der Waals surface area contributed by atoms with E-state index in [0.29, 0.717) is 37.3 Å². The van der Waals surface area contributed by atoms with Gasteiger partial charge < -0.3 is 14.1 Å². The summed E-state index contributed by atoms with van der Waals surface area (Å²) in [5.41, 5.74) is 2.95. The number of rotatable bonds is 4. The van der Waals surface area contributed by atoms with Crippen molar-refractivity contribution in [1.29, 1.82) is 0 Å². The Morgan fingerprint density at radius 2 is 1.81 bits per heavy atom. The lowest BCUT2D eigenvalue weighted by atomic mass is 10.0. The molecule has 0 N–H and O–H groups in total. The van der Waals surface area contributed by atoms with Gasteiger partial charge in [-0.25, -0.2) is 19.2 Å². The summed E-state index contributed by atoms with van der Waals surface area (Å²) in [5.74, 6) is 0.0508. The molecule has 0 saturated carbocycles. The second-order valence-electron chi connectivity index (χ2n) is 7.47. The van der Waals surface area contributed by atoms with Gasteiger partial charge in [0.2, 0.25) is 0 Å². The number of piperazine rings is 1. The maximum absolute atomic E-state index is 13.4. The Balaban J connectivity index is 1.40. The van der Waals surface area contributed by atoms with Crippen LogP contribution in [0.1, 0.15) is 11.6 Å². The van der Waals surface area contributed by atoms with Crippen LogP contribution in [0.3, 0.4) is 0 Å². The van der Waals surface area contributed by atoms with Crippen molar-refractivity contribution >= 4 is 33.9 Å². The molecule has 1 aliphatic rings. The highest BCUT2D eigenvalue weighted by molar-refractivity contribution is 6.05. The van der Waals surface area contributed by atoms with Gasteiger partial charge in [-0.2, -0.15) is 0 Å². The van der Waals surface area contributed by atoms with Crippen LogP contribution < -0.4 is 4.90 Å². The van der Waals surface area contributed by atoms with Crippen LogP contribution in [0.15, 0.2) is 59.3 Å². The maximum atomic E-state index is 13.4. The van der Waals surface area contributed by atoms with Crippen molar-refractivity contribution in [1.82, 2.24) is 14.9 Å². The molecule has 0 bridgehead atoms. The fraction of sp³-hybridized carbons (Fsp3) is 0.261. The zero-order valence-corrected chi connectivity index (χ0v) is 17.0. The number of carbonyl (C=O) groups is 1. The Morgan fingerprint density at radius 1 is 1.06 bits per heavy atom. The molecule has 0 aliphatic carbocycles. The van der Waals surface area contributed by atoms with Gasteiger partial charge in [0.25, 0.3) is 0 Å². The van der Waals surface area contributed by atoms with Crippen LogP contribution in [0.25, 0.3) is 22.1 Å². The van der Waals surface area contributed by atoms with Crippen molar-refractivity contribution in [2.24, 2.45) is 0 Å². The van der Waals surface area contributed by atoms with Crippen LogP contribution in [-0.2, 0) is 9.53 Å². The molecule has 3 heterocycles. The molecule has 1 atom stereocenters. The largest absolute Gasteiger partial charge is 0.468 e. The molecule has 0 amide bonds. The standard InChI is InChI=1S/C23H21FN4O3/c1-30-23(29)20(15-6-8-16(24)9-7-15)27-10-12-28(13-11-27)22-21-19(25-14-26-22)17-4-2-3-5-18(17)31-21/h2-9,14,20H,10-13H2,1H3/t20-/m1/s1. The first-order valence-electron chi connectivity index (χ1n) is 10.1. The van der Waals surface area contributed by atoms with Crippen molar-refractivity contribution < 1.29 is 18.3 Å². The highest BCUT2D eigenvalue weighted by Crippen LogP contribution is 2.33. The summed E-state index contributed by atoms with van der Waals surface area (Å²) in [6.07, 6.45) is 1.56. The van der Waals surface area contributed by atoms with Crippen molar-refractivity contribution in [2.45, 2.75) is 6.04 Å². The molecule has 1 saturated heterocycles. The van der Waals surface area contributed by atoms with Gasteiger partial charge in [-0.05, 0) is 29.8 Å². The van der Waals surface area contributed by atoms with Crippen molar-refractivity contribution in [3.63, 3.8) is 0 Å². The Bertz CT molecular complexity index is 1230. The number of anilines is 1. The Labute approximate surface area is 178 Å². The lowest BCUT2D eigenvalue weighted by Gasteiger charge is -2.38. The lowest BCUT2D eigenvalue weighted by Crippen LogP contribution is -2.49. The van der Waals surface area contributed by atoms with E-state index >= 15 is 0 Å². The summed E-state index contributed by atoms with van der Waals surface area (Å²) < 4.78 is 24.4. The second kappa shape index (κ2) is 7.96. The third-order valence-electron chi connectivity index (χ3n) is 5.73. The number of aromatic nitrogens is 2. The normalized spacial score (nSPS) is 16.0. The number of hydrogen-bond acceptors (Lipinski definition) is 7. The molecule has 31 heavy (non-hydrogen) atoms. The molecule has 8 heteroatoms. The van der Waals surface area contributed by atoms with E-state index in [1.165, 1.54) is 19.2 Å². The molecule has 7 nitrogen and oxygen atoms in total. The number of nitrogens with zero attached hydrogens (tertiary/aromatic N) is 4. The minimum Gasteiger partial charge on any atom is -0.468 e. The molecule has 1 fully saturated rings. The number of hydrogen-bond donors (Lipinski definition) is 0. The Morgan fingerprint density at radius 3 is 2.55 bits per heavy atom. The molecule has 2 aromatic carbocycles. The lowest BCUT2D eigenvalue weighted by molar-refractivity contribution is -0.147. The minimum absolute atomic E-state index is 0.337. The summed E-state index contributed by atoms with van der Waals surface area (Å²) in [6, 6.07) is 13.2. The average molecular weight is 420 g/mol.